The molecule has 5 aliphatic heterocycles. The third kappa shape index (κ3) is 10.2. The van der Waals surface area contributed by atoms with Gasteiger partial charge in [0.1, 0.15) is 67.6 Å². The van der Waals surface area contributed by atoms with E-state index >= 15 is 0 Å². The van der Waals surface area contributed by atoms with Crippen LogP contribution in [-0.2, 0) is 47.4 Å². The minimum absolute atomic E-state index is 0.0249. The van der Waals surface area contributed by atoms with Crippen LogP contribution in [0.5, 0.6) is 0 Å². The van der Waals surface area contributed by atoms with Gasteiger partial charge in [0.25, 0.3) is 0 Å². The van der Waals surface area contributed by atoms with E-state index in [0.29, 0.717) is 48.3 Å². The van der Waals surface area contributed by atoms with Crippen LogP contribution < -0.4 is 5.32 Å². The zero-order chi connectivity index (χ0) is 56.9. The Bertz CT molecular complexity index is 2540. The van der Waals surface area contributed by atoms with E-state index in [4.69, 9.17) is 47.4 Å². The number of allylic oxidation sites excluding steroid dienone is 1. The summed E-state index contributed by atoms with van der Waals surface area (Å²) in [5, 5.41) is 81.3. The van der Waals surface area contributed by atoms with Gasteiger partial charge in [-0.25, -0.2) is 4.79 Å². The van der Waals surface area contributed by atoms with E-state index in [0.717, 1.165) is 73.8 Å². The highest BCUT2D eigenvalue weighted by Gasteiger charge is 2.69. The second-order valence-corrected chi connectivity index (χ2v) is 26.2. The Labute approximate surface area is 474 Å². The van der Waals surface area contributed by atoms with Crippen molar-refractivity contribution >= 4 is 6.09 Å². The molecule has 0 radical (unpaired) electrons. The van der Waals surface area contributed by atoms with Crippen molar-refractivity contribution in [2.75, 3.05) is 33.0 Å². The van der Waals surface area contributed by atoms with Crippen molar-refractivity contribution in [1.82, 2.24) is 5.32 Å². The molecule has 5 saturated heterocycles. The molecule has 19 heteroatoms. The predicted octanol–water partition coefficient (Wildman–Crippen LogP) is 4.80. The Kier molecular flexibility index (Phi) is 16.5. The van der Waals surface area contributed by atoms with Crippen LogP contribution in [0.3, 0.4) is 0 Å². The van der Waals surface area contributed by atoms with Crippen LogP contribution in [0.2, 0.25) is 0 Å². The zero-order valence-corrected chi connectivity index (χ0v) is 47.6. The normalized spacial score (nSPS) is 47.3. The first-order valence-electron chi connectivity index (χ1n) is 30.2. The molecule has 5 aliphatic carbocycles. The van der Waals surface area contributed by atoms with Crippen LogP contribution in [0.15, 0.2) is 60.2 Å². The molecule has 5 heterocycles. The minimum Gasteiger partial charge on any atom is -0.449 e. The second kappa shape index (κ2) is 22.9. The molecule has 19 nitrogen and oxygen atoms in total. The van der Waals surface area contributed by atoms with Gasteiger partial charge in [-0.15, -0.1) is 0 Å². The molecule has 2 aromatic rings. The van der Waals surface area contributed by atoms with Crippen LogP contribution >= 0.6 is 0 Å². The summed E-state index contributed by atoms with van der Waals surface area (Å²) in [4.78, 5) is 12.9. The molecule has 3 saturated carbocycles. The highest BCUT2D eigenvalue weighted by Crippen LogP contribution is 2.71. The molecular weight excluding hydrogens is 1050 g/mol. The van der Waals surface area contributed by atoms with Crippen LogP contribution in [-0.4, -0.2) is 185 Å². The molecule has 26 atom stereocenters. The quantitative estimate of drug-likeness (QED) is 0.0989. The van der Waals surface area contributed by atoms with Gasteiger partial charge in [0.15, 0.2) is 24.7 Å². The van der Waals surface area contributed by atoms with Gasteiger partial charge in [0.05, 0.1) is 44.2 Å². The number of carbonyl (C=O) groups is 1. The lowest BCUT2D eigenvalue weighted by atomic mass is 9.47. The summed E-state index contributed by atoms with van der Waals surface area (Å²) < 4.78 is 63.0. The van der Waals surface area contributed by atoms with Gasteiger partial charge >= 0.3 is 6.09 Å². The van der Waals surface area contributed by atoms with Gasteiger partial charge in [0.2, 0.25) is 0 Å². The van der Waals surface area contributed by atoms with Gasteiger partial charge in [-0.1, -0.05) is 87.9 Å². The van der Waals surface area contributed by atoms with Crippen molar-refractivity contribution < 1.29 is 87.9 Å². The number of carbonyl (C=O) groups excluding carboxylic acids is 1. The summed E-state index contributed by atoms with van der Waals surface area (Å²) in [6, 6.07) is 16.1. The number of benzene rings is 2. The number of aliphatic hydroxyl groups is 7. The van der Waals surface area contributed by atoms with Crippen LogP contribution in [0.25, 0.3) is 11.1 Å². The third-order valence-corrected chi connectivity index (χ3v) is 21.6. The van der Waals surface area contributed by atoms with Gasteiger partial charge < -0.3 is 88.4 Å². The molecule has 81 heavy (non-hydrogen) atoms. The van der Waals surface area contributed by atoms with Gasteiger partial charge in [-0.05, 0) is 128 Å². The topological polar surface area (TPSA) is 263 Å². The summed E-state index contributed by atoms with van der Waals surface area (Å²) in [5.74, 6) is 2.40. The van der Waals surface area contributed by atoms with E-state index < -0.39 is 117 Å². The van der Waals surface area contributed by atoms with Crippen molar-refractivity contribution in [3.05, 3.63) is 71.3 Å². The monoisotopic (exact) mass is 1130 g/mol. The smallest absolute Gasteiger partial charge is 0.407 e. The first-order valence-corrected chi connectivity index (χ1v) is 30.2. The first-order chi connectivity index (χ1) is 38.8. The van der Waals surface area contributed by atoms with Crippen LogP contribution in [0.1, 0.15) is 116 Å². The molecule has 12 rings (SSSR count). The van der Waals surface area contributed by atoms with Crippen molar-refractivity contribution in [3.8, 4) is 11.1 Å². The standard InChI is InChI=1S/C62H87NO18/c1-30-17-22-62(74-28-30)31(2)46-44(81-62)26-43-40-16-15-34-25-35(18-20-60(34,5)42(40)19-21-61(43,46)6)77-58-55(80-56-50(68)48(66)47(65)32(3)75-56)52(70)54(45(27-64)78-58)79-57-51(69)49(67)53(33(4)76-57)72-24-23-63-59(71)73-29-41-38-13-9-7-11-36(38)37-12-8-10-14-39(37)41/h7-15,30-33,35,40-58,64-70H,16-29H2,1-6H3,(H,63,71)/t30-,31-,32+,33+,35-,40+,42-,43?,44-,45+,46-,47+,48-,49+,50-,51-,52-,53+,54+,55+,56+,57+,58+,60-,61-,62+/m0/s1. The molecule has 8 fully saturated rings. The van der Waals surface area contributed by atoms with E-state index in [1.165, 1.54) is 12.5 Å². The Morgan fingerprint density at radius 2 is 1.41 bits per heavy atom. The lowest BCUT2D eigenvalue weighted by Gasteiger charge is -2.58. The number of rotatable bonds is 13. The van der Waals surface area contributed by atoms with E-state index in [1.807, 2.05) is 36.4 Å². The molecule has 10 aliphatic rings. The van der Waals surface area contributed by atoms with Crippen molar-refractivity contribution in [2.24, 2.45) is 46.3 Å². The van der Waals surface area contributed by atoms with Crippen molar-refractivity contribution in [3.63, 3.8) is 0 Å². The van der Waals surface area contributed by atoms with E-state index in [-0.39, 0.29) is 42.6 Å². The van der Waals surface area contributed by atoms with Crippen molar-refractivity contribution in [2.45, 2.75) is 215 Å². The average Bonchev–Trinajstić information content (AvgIpc) is 3.85. The lowest BCUT2D eigenvalue weighted by Crippen LogP contribution is -2.66. The molecule has 0 aromatic heterocycles. The van der Waals surface area contributed by atoms with Crippen molar-refractivity contribution in [1.29, 1.82) is 0 Å². The summed E-state index contributed by atoms with van der Waals surface area (Å²) in [6.07, 6.45) is -11.2. The Morgan fingerprint density at radius 3 is 2.11 bits per heavy atom. The highest BCUT2D eigenvalue weighted by atomic mass is 16.8. The van der Waals surface area contributed by atoms with Gasteiger partial charge in [-0.3, -0.25) is 0 Å². The summed E-state index contributed by atoms with van der Waals surface area (Å²) in [6.45, 7) is 12.9. The second-order valence-electron chi connectivity index (χ2n) is 26.2. The molecule has 2 aromatic carbocycles. The van der Waals surface area contributed by atoms with E-state index in [1.54, 1.807) is 6.92 Å². The third-order valence-electron chi connectivity index (χ3n) is 21.6. The molecule has 1 unspecified atom stereocenters. The Hall–Kier alpha value is -3.19. The Balaban J connectivity index is 0.680. The van der Waals surface area contributed by atoms with Crippen LogP contribution in [0, 0.1) is 46.3 Å². The fourth-order valence-corrected chi connectivity index (χ4v) is 17.2. The van der Waals surface area contributed by atoms with E-state index in [9.17, 15) is 40.5 Å². The molecule has 448 valence electrons. The fourth-order valence-electron chi connectivity index (χ4n) is 17.2. The van der Waals surface area contributed by atoms with Gasteiger partial charge in [-0.2, -0.15) is 0 Å². The maximum Gasteiger partial charge on any atom is 0.407 e. The number of hydrogen-bond acceptors (Lipinski definition) is 18. The van der Waals surface area contributed by atoms with Gasteiger partial charge in [0, 0.05) is 24.8 Å². The maximum absolute atomic E-state index is 12.9. The molecule has 1 amide bonds. The summed E-state index contributed by atoms with van der Waals surface area (Å²) >= 11 is 0. The average molecular weight is 1130 g/mol. The SMILES string of the molecule is C[C@H]1CC[C@@]2(OC1)O[C@H]1CC3[C@@H]4CC=C5C[C@@H](O[C@@H]6O[C@H](CO)[C@@H](O[C@H]7O[C@H](C)[C@@H](OCCNC(=O)OCC8c9ccccc9-c9ccccc98)[C@H](O)[C@@H]7O)[C@H](O)[C@H]6O[C@H]6O[C@H](C)[C@@H](O)[C@H](O)[C@@H]6O)CC[C@]5(C)[C@H]4CC[C@]3(C)[C@H]1[C@@H]2C. The number of aliphatic hydroxyl groups excluding tert-OH is 7. The number of nitrogens with one attached hydrogen (secondary N) is 1. The number of hydrogen-bond donors (Lipinski definition) is 8. The number of amides is 1. The Morgan fingerprint density at radius 1 is 0.716 bits per heavy atom. The highest BCUT2D eigenvalue weighted by molar-refractivity contribution is 5.79. The largest absolute Gasteiger partial charge is 0.449 e. The number of ether oxygens (including phenoxy) is 10. The van der Waals surface area contributed by atoms with Crippen LogP contribution in [0.4, 0.5) is 4.79 Å². The van der Waals surface area contributed by atoms with E-state index in [2.05, 4.69) is 51.2 Å². The minimum atomic E-state index is -1.74. The maximum atomic E-state index is 12.9. The number of alkyl carbamates (subject to hydrolysis) is 1. The summed E-state index contributed by atoms with van der Waals surface area (Å²) in [5.41, 5.74) is 5.87. The molecule has 1 spiro atoms. The summed E-state index contributed by atoms with van der Waals surface area (Å²) in [7, 11) is 0. The fraction of sp³-hybridized carbons (Fsp3) is 0.758. The molecule has 0 bridgehead atoms. The molecular formula is C62H87NO18. The molecule has 8 N–H and O–H groups in total. The first kappa shape index (κ1) is 58.2. The lowest BCUT2D eigenvalue weighted by molar-refractivity contribution is -0.389. The number of fused-ring (bicyclic) bond motifs is 10. The predicted molar refractivity (Wildman–Crippen MR) is 290 cm³/mol. The zero-order valence-electron chi connectivity index (χ0n) is 47.6.